The van der Waals surface area contributed by atoms with Gasteiger partial charge in [0.25, 0.3) is 0 Å². The van der Waals surface area contributed by atoms with Gasteiger partial charge in [-0.05, 0) is 12.8 Å². The van der Waals surface area contributed by atoms with Crippen molar-refractivity contribution in [1.29, 1.82) is 0 Å². The summed E-state index contributed by atoms with van der Waals surface area (Å²) in [5, 5.41) is 18.2. The number of amides is 2. The minimum Gasteiger partial charge on any atom is -0.476 e. The molecular weight excluding hydrogens is 236 g/mol. The van der Waals surface area contributed by atoms with Gasteiger partial charge in [-0.15, -0.1) is 0 Å². The first-order valence-corrected chi connectivity index (χ1v) is 5.95. The molecular formula is C11H16N4O3. The molecule has 0 saturated heterocycles. The Labute approximate surface area is 104 Å². The second kappa shape index (κ2) is 5.07. The number of aromatic nitrogens is 2. The first-order chi connectivity index (χ1) is 8.63. The van der Waals surface area contributed by atoms with Gasteiger partial charge in [-0.1, -0.05) is 6.92 Å². The van der Waals surface area contributed by atoms with Crippen molar-refractivity contribution in [3.63, 3.8) is 0 Å². The topological polar surface area (TPSA) is 98.3 Å². The molecule has 3 N–H and O–H groups in total. The number of fused-ring (bicyclic) bond motifs is 1. The first kappa shape index (κ1) is 12.4. The summed E-state index contributed by atoms with van der Waals surface area (Å²) in [7, 11) is 0. The highest BCUT2D eigenvalue weighted by Gasteiger charge is 2.26. The maximum atomic E-state index is 11.8. The predicted molar refractivity (Wildman–Crippen MR) is 63.4 cm³/mol. The van der Waals surface area contributed by atoms with Crippen molar-refractivity contribution in [2.75, 3.05) is 13.1 Å². The van der Waals surface area contributed by atoms with E-state index < -0.39 is 5.97 Å². The van der Waals surface area contributed by atoms with Gasteiger partial charge in [-0.25, -0.2) is 9.59 Å². The Morgan fingerprint density at radius 1 is 1.56 bits per heavy atom. The van der Waals surface area contributed by atoms with Crippen LogP contribution in [-0.2, 0) is 13.0 Å². The van der Waals surface area contributed by atoms with Crippen molar-refractivity contribution in [3.05, 3.63) is 17.0 Å². The Kier molecular flexibility index (Phi) is 3.50. The van der Waals surface area contributed by atoms with E-state index in [1.807, 2.05) is 6.92 Å². The second-order valence-corrected chi connectivity index (χ2v) is 4.24. The molecule has 0 bridgehead atoms. The molecule has 18 heavy (non-hydrogen) atoms. The number of aromatic carboxylic acids is 1. The van der Waals surface area contributed by atoms with Crippen molar-refractivity contribution in [3.8, 4) is 0 Å². The molecule has 1 aromatic rings. The zero-order valence-corrected chi connectivity index (χ0v) is 10.2. The van der Waals surface area contributed by atoms with E-state index in [1.54, 1.807) is 4.90 Å². The molecule has 0 atom stereocenters. The van der Waals surface area contributed by atoms with Crippen LogP contribution in [0.5, 0.6) is 0 Å². The number of nitrogens with zero attached hydrogens (tertiary/aromatic N) is 2. The number of hydrogen-bond acceptors (Lipinski definition) is 3. The van der Waals surface area contributed by atoms with Gasteiger partial charge in [0.2, 0.25) is 0 Å². The standard InChI is InChI=1S/C11H16N4O3/c1-2-4-12-11(18)15-5-3-7-8(6-15)13-14-9(7)10(16)17/h2-6H2,1H3,(H,12,18)(H,13,14)(H,16,17). The summed E-state index contributed by atoms with van der Waals surface area (Å²) in [4.78, 5) is 24.3. The lowest BCUT2D eigenvalue weighted by molar-refractivity contribution is 0.0689. The van der Waals surface area contributed by atoms with E-state index in [0.29, 0.717) is 37.3 Å². The molecule has 98 valence electrons. The average Bonchev–Trinajstić information content (AvgIpc) is 2.78. The zero-order chi connectivity index (χ0) is 13.1. The third-order valence-electron chi connectivity index (χ3n) is 2.95. The summed E-state index contributed by atoms with van der Waals surface area (Å²) < 4.78 is 0. The largest absolute Gasteiger partial charge is 0.476 e. The van der Waals surface area contributed by atoms with E-state index in [1.165, 1.54) is 0 Å². The minimum absolute atomic E-state index is 0.0682. The normalized spacial score (nSPS) is 14.2. The maximum absolute atomic E-state index is 11.8. The Morgan fingerprint density at radius 2 is 2.33 bits per heavy atom. The van der Waals surface area contributed by atoms with E-state index in [0.717, 1.165) is 6.42 Å². The fourth-order valence-corrected chi connectivity index (χ4v) is 2.01. The second-order valence-electron chi connectivity index (χ2n) is 4.24. The molecule has 2 rings (SSSR count). The molecule has 0 radical (unpaired) electrons. The fourth-order valence-electron chi connectivity index (χ4n) is 2.01. The summed E-state index contributed by atoms with van der Waals surface area (Å²) in [5.41, 5.74) is 1.49. The number of carboxylic acid groups (broad SMARTS) is 1. The van der Waals surface area contributed by atoms with Crippen molar-refractivity contribution < 1.29 is 14.7 Å². The van der Waals surface area contributed by atoms with E-state index >= 15 is 0 Å². The van der Waals surface area contributed by atoms with E-state index in [2.05, 4.69) is 15.5 Å². The summed E-state index contributed by atoms with van der Waals surface area (Å²) in [6.45, 7) is 3.53. The molecule has 7 nitrogen and oxygen atoms in total. The van der Waals surface area contributed by atoms with Crippen LogP contribution in [0.1, 0.15) is 35.1 Å². The maximum Gasteiger partial charge on any atom is 0.356 e. The number of hydrogen-bond donors (Lipinski definition) is 3. The Morgan fingerprint density at radius 3 is 3.00 bits per heavy atom. The Balaban J connectivity index is 2.07. The van der Waals surface area contributed by atoms with E-state index in [-0.39, 0.29) is 11.7 Å². The molecule has 0 spiro atoms. The van der Waals surface area contributed by atoms with E-state index in [4.69, 9.17) is 5.11 Å². The van der Waals surface area contributed by atoms with Gasteiger partial charge in [-0.2, -0.15) is 5.10 Å². The quantitative estimate of drug-likeness (QED) is 0.733. The smallest absolute Gasteiger partial charge is 0.356 e. The molecule has 0 unspecified atom stereocenters. The monoisotopic (exact) mass is 252 g/mol. The number of aromatic amines is 1. The van der Waals surface area contributed by atoms with Crippen LogP contribution in [0.15, 0.2) is 0 Å². The summed E-state index contributed by atoms with van der Waals surface area (Å²) in [6, 6.07) is -0.117. The number of carboxylic acids is 1. The lowest BCUT2D eigenvalue weighted by atomic mass is 10.0. The van der Waals surface area contributed by atoms with Crippen molar-refractivity contribution >= 4 is 12.0 Å². The molecule has 7 heteroatoms. The van der Waals surface area contributed by atoms with Crippen LogP contribution in [0.4, 0.5) is 4.79 Å². The SMILES string of the molecule is CCCNC(=O)N1CCc2c(C(=O)O)n[nH]c2C1. The summed E-state index contributed by atoms with van der Waals surface area (Å²) >= 11 is 0. The number of H-pyrrole nitrogens is 1. The summed E-state index contributed by atoms with van der Waals surface area (Å²) in [5.74, 6) is -1.03. The Hall–Kier alpha value is -2.05. The molecule has 2 heterocycles. The van der Waals surface area contributed by atoms with Gasteiger partial charge in [-0.3, -0.25) is 5.10 Å². The lowest BCUT2D eigenvalue weighted by Crippen LogP contribution is -2.43. The highest BCUT2D eigenvalue weighted by Crippen LogP contribution is 2.20. The molecule has 0 aliphatic carbocycles. The summed E-state index contributed by atoms with van der Waals surface area (Å²) in [6.07, 6.45) is 1.41. The lowest BCUT2D eigenvalue weighted by Gasteiger charge is -2.26. The highest BCUT2D eigenvalue weighted by atomic mass is 16.4. The van der Waals surface area contributed by atoms with Crippen LogP contribution < -0.4 is 5.32 Å². The van der Waals surface area contributed by atoms with Gasteiger partial charge >= 0.3 is 12.0 Å². The number of carbonyl (C=O) groups is 2. The molecule has 0 fully saturated rings. The van der Waals surface area contributed by atoms with Gasteiger partial charge in [0.1, 0.15) is 0 Å². The van der Waals surface area contributed by atoms with Gasteiger partial charge in [0, 0.05) is 18.7 Å². The van der Waals surface area contributed by atoms with E-state index in [9.17, 15) is 9.59 Å². The van der Waals surface area contributed by atoms with Gasteiger partial charge < -0.3 is 15.3 Å². The number of carbonyl (C=O) groups excluding carboxylic acids is 1. The van der Waals surface area contributed by atoms with Gasteiger partial charge in [0.05, 0.1) is 12.2 Å². The zero-order valence-electron chi connectivity index (χ0n) is 10.2. The number of nitrogens with one attached hydrogen (secondary N) is 2. The van der Waals surface area contributed by atoms with Crippen LogP contribution in [0, 0.1) is 0 Å². The van der Waals surface area contributed by atoms with Gasteiger partial charge in [0.15, 0.2) is 5.69 Å². The first-order valence-electron chi connectivity index (χ1n) is 5.95. The van der Waals surface area contributed by atoms with Crippen LogP contribution in [-0.4, -0.2) is 45.3 Å². The van der Waals surface area contributed by atoms with Crippen LogP contribution >= 0.6 is 0 Å². The van der Waals surface area contributed by atoms with Crippen molar-refractivity contribution in [2.24, 2.45) is 0 Å². The minimum atomic E-state index is -1.03. The molecule has 2 amide bonds. The molecule has 1 aliphatic heterocycles. The van der Waals surface area contributed by atoms with Crippen molar-refractivity contribution in [1.82, 2.24) is 20.4 Å². The van der Waals surface area contributed by atoms with Crippen LogP contribution in [0.2, 0.25) is 0 Å². The van der Waals surface area contributed by atoms with Crippen LogP contribution in [0.25, 0.3) is 0 Å². The molecule has 0 aromatic carbocycles. The molecule has 1 aliphatic rings. The fraction of sp³-hybridized carbons (Fsp3) is 0.545. The highest BCUT2D eigenvalue weighted by molar-refractivity contribution is 5.87. The third kappa shape index (κ3) is 2.29. The van der Waals surface area contributed by atoms with Crippen molar-refractivity contribution in [2.45, 2.75) is 26.3 Å². The average molecular weight is 252 g/mol. The Bertz CT molecular complexity index is 469. The van der Waals surface area contributed by atoms with Crippen LogP contribution in [0.3, 0.4) is 0 Å². The molecule has 1 aromatic heterocycles. The predicted octanol–water partition coefficient (Wildman–Crippen LogP) is 0.586. The number of rotatable bonds is 3. The third-order valence-corrected chi connectivity index (χ3v) is 2.95. The molecule has 0 saturated carbocycles. The number of urea groups is 1.